The highest BCUT2D eigenvalue weighted by Crippen LogP contribution is 2.23. The summed E-state index contributed by atoms with van der Waals surface area (Å²) in [4.78, 5) is 11.1. The van der Waals surface area contributed by atoms with Crippen LogP contribution in [0.25, 0.3) is 10.9 Å². The number of hydrogen-bond donors (Lipinski definition) is 1. The second kappa shape index (κ2) is 3.14. The Morgan fingerprint density at radius 2 is 2.29 bits per heavy atom. The molecule has 0 saturated carbocycles. The van der Waals surface area contributed by atoms with Crippen LogP contribution < -0.4 is 4.74 Å². The number of ketones is 1. The summed E-state index contributed by atoms with van der Waals surface area (Å²) in [7, 11) is 1.55. The van der Waals surface area contributed by atoms with Crippen LogP contribution in [0, 0.1) is 0 Å². The molecule has 0 spiro atoms. The number of ether oxygens (including phenoxy) is 1. The van der Waals surface area contributed by atoms with E-state index in [0.717, 1.165) is 10.9 Å². The minimum atomic E-state index is 0.0372. The van der Waals surface area contributed by atoms with Gasteiger partial charge in [-0.05, 0) is 25.1 Å². The summed E-state index contributed by atoms with van der Waals surface area (Å²) in [5.41, 5.74) is 1.53. The lowest BCUT2D eigenvalue weighted by molar-refractivity contribution is 0.101. The SMILES string of the molecule is COc1n[nH]c2ccc(C(C)=O)cc12. The van der Waals surface area contributed by atoms with Gasteiger partial charge >= 0.3 is 0 Å². The number of rotatable bonds is 2. The van der Waals surface area contributed by atoms with Crippen molar-refractivity contribution in [3.05, 3.63) is 23.8 Å². The number of carbonyl (C=O) groups excluding carboxylic acids is 1. The number of nitrogens with one attached hydrogen (secondary N) is 1. The quantitative estimate of drug-likeness (QED) is 0.734. The van der Waals surface area contributed by atoms with Crippen LogP contribution in [-0.4, -0.2) is 23.1 Å². The summed E-state index contributed by atoms with van der Waals surface area (Å²) < 4.78 is 5.05. The topological polar surface area (TPSA) is 55.0 Å². The number of carbonyl (C=O) groups is 1. The van der Waals surface area contributed by atoms with Crippen LogP contribution >= 0.6 is 0 Å². The normalized spacial score (nSPS) is 10.4. The average molecular weight is 190 g/mol. The van der Waals surface area contributed by atoms with Crippen molar-refractivity contribution in [2.45, 2.75) is 6.92 Å². The minimum Gasteiger partial charge on any atom is -0.480 e. The van der Waals surface area contributed by atoms with Crippen LogP contribution in [0.2, 0.25) is 0 Å². The van der Waals surface area contributed by atoms with Gasteiger partial charge in [0.05, 0.1) is 18.0 Å². The molecule has 1 aromatic heterocycles. The molecule has 0 unspecified atom stereocenters. The zero-order chi connectivity index (χ0) is 10.1. The Bertz CT molecular complexity index is 488. The number of nitrogens with zero attached hydrogens (tertiary/aromatic N) is 1. The fourth-order valence-corrected chi connectivity index (χ4v) is 1.36. The molecule has 0 aliphatic rings. The Balaban J connectivity index is 2.67. The lowest BCUT2D eigenvalue weighted by atomic mass is 10.1. The number of Topliss-reactive ketones (excluding diaryl/α,β-unsaturated/α-hetero) is 1. The Hall–Kier alpha value is -1.84. The molecule has 0 saturated heterocycles. The molecular weight excluding hydrogens is 180 g/mol. The van der Waals surface area contributed by atoms with Crippen molar-refractivity contribution < 1.29 is 9.53 Å². The maximum Gasteiger partial charge on any atom is 0.240 e. The number of H-pyrrole nitrogens is 1. The smallest absolute Gasteiger partial charge is 0.240 e. The van der Waals surface area contributed by atoms with Crippen molar-refractivity contribution in [1.29, 1.82) is 0 Å². The largest absolute Gasteiger partial charge is 0.480 e. The van der Waals surface area contributed by atoms with Gasteiger partial charge in [-0.1, -0.05) is 0 Å². The number of hydrogen-bond acceptors (Lipinski definition) is 3. The zero-order valence-corrected chi connectivity index (χ0v) is 8.00. The molecule has 0 radical (unpaired) electrons. The fourth-order valence-electron chi connectivity index (χ4n) is 1.36. The highest BCUT2D eigenvalue weighted by molar-refractivity contribution is 5.98. The molecule has 4 nitrogen and oxygen atoms in total. The number of fused-ring (bicyclic) bond motifs is 1. The summed E-state index contributed by atoms with van der Waals surface area (Å²) in [6.45, 7) is 1.54. The molecule has 2 rings (SSSR count). The van der Waals surface area contributed by atoms with Gasteiger partial charge in [-0.15, -0.1) is 5.10 Å². The van der Waals surface area contributed by atoms with E-state index < -0.39 is 0 Å². The summed E-state index contributed by atoms with van der Waals surface area (Å²) >= 11 is 0. The van der Waals surface area contributed by atoms with Crippen molar-refractivity contribution in [3.8, 4) is 5.88 Å². The number of benzene rings is 1. The molecule has 0 aliphatic carbocycles. The Labute approximate surface area is 80.9 Å². The second-order valence-electron chi connectivity index (χ2n) is 3.05. The van der Waals surface area contributed by atoms with Crippen LogP contribution in [-0.2, 0) is 0 Å². The fraction of sp³-hybridized carbons (Fsp3) is 0.200. The first-order valence-corrected chi connectivity index (χ1v) is 4.25. The van der Waals surface area contributed by atoms with Gasteiger partial charge in [-0.2, -0.15) is 0 Å². The van der Waals surface area contributed by atoms with Crippen molar-refractivity contribution in [1.82, 2.24) is 10.2 Å². The summed E-state index contributed by atoms with van der Waals surface area (Å²) in [5, 5.41) is 7.61. The Morgan fingerprint density at radius 1 is 1.50 bits per heavy atom. The van der Waals surface area contributed by atoms with E-state index in [1.54, 1.807) is 19.2 Å². The molecule has 0 amide bonds. The van der Waals surface area contributed by atoms with Crippen LogP contribution in [0.3, 0.4) is 0 Å². The van der Waals surface area contributed by atoms with Crippen LogP contribution in [0.1, 0.15) is 17.3 Å². The van der Waals surface area contributed by atoms with Crippen molar-refractivity contribution >= 4 is 16.7 Å². The predicted octanol–water partition coefficient (Wildman–Crippen LogP) is 1.77. The van der Waals surface area contributed by atoms with Gasteiger partial charge in [0.2, 0.25) is 5.88 Å². The first kappa shape index (κ1) is 8.74. The molecule has 4 heteroatoms. The van der Waals surface area contributed by atoms with Gasteiger partial charge in [0.25, 0.3) is 0 Å². The van der Waals surface area contributed by atoms with E-state index in [9.17, 15) is 4.79 Å². The van der Waals surface area contributed by atoms with Gasteiger partial charge in [0, 0.05) is 5.56 Å². The van der Waals surface area contributed by atoms with Gasteiger partial charge in [0.1, 0.15) is 0 Å². The van der Waals surface area contributed by atoms with E-state index in [-0.39, 0.29) is 5.78 Å². The predicted molar refractivity (Wildman–Crippen MR) is 52.7 cm³/mol. The second-order valence-corrected chi connectivity index (χ2v) is 3.05. The van der Waals surface area contributed by atoms with Crippen molar-refractivity contribution in [2.24, 2.45) is 0 Å². The van der Waals surface area contributed by atoms with E-state index >= 15 is 0 Å². The zero-order valence-electron chi connectivity index (χ0n) is 8.00. The maximum atomic E-state index is 11.1. The molecule has 0 aliphatic heterocycles. The molecule has 2 aromatic rings. The van der Waals surface area contributed by atoms with E-state index in [4.69, 9.17) is 4.74 Å². The highest BCUT2D eigenvalue weighted by Gasteiger charge is 2.07. The van der Waals surface area contributed by atoms with Gasteiger partial charge in [0.15, 0.2) is 5.78 Å². The summed E-state index contributed by atoms with van der Waals surface area (Å²) in [5.74, 6) is 0.554. The molecule has 1 aromatic carbocycles. The van der Waals surface area contributed by atoms with E-state index in [0.29, 0.717) is 11.4 Å². The average Bonchev–Trinajstić information content (AvgIpc) is 2.59. The minimum absolute atomic E-state index is 0.0372. The lowest BCUT2D eigenvalue weighted by Gasteiger charge is -1.96. The van der Waals surface area contributed by atoms with Crippen molar-refractivity contribution in [2.75, 3.05) is 7.11 Å². The Kier molecular flexibility index (Phi) is 1.96. The third-order valence-corrected chi connectivity index (χ3v) is 2.13. The number of methoxy groups -OCH3 is 1. The lowest BCUT2D eigenvalue weighted by Crippen LogP contribution is -1.90. The molecule has 72 valence electrons. The molecule has 0 atom stereocenters. The van der Waals surface area contributed by atoms with Gasteiger partial charge in [-0.25, -0.2) is 0 Å². The van der Waals surface area contributed by atoms with Crippen LogP contribution in [0.4, 0.5) is 0 Å². The first-order valence-electron chi connectivity index (χ1n) is 4.25. The highest BCUT2D eigenvalue weighted by atomic mass is 16.5. The first-order chi connectivity index (χ1) is 6.72. The molecule has 0 bridgehead atoms. The molecule has 1 heterocycles. The summed E-state index contributed by atoms with van der Waals surface area (Å²) in [6.07, 6.45) is 0. The molecule has 0 fully saturated rings. The monoisotopic (exact) mass is 190 g/mol. The maximum absolute atomic E-state index is 11.1. The van der Waals surface area contributed by atoms with Crippen LogP contribution in [0.15, 0.2) is 18.2 Å². The number of aromatic nitrogens is 2. The van der Waals surface area contributed by atoms with E-state index in [2.05, 4.69) is 10.2 Å². The number of aromatic amines is 1. The molecule has 1 N–H and O–H groups in total. The third kappa shape index (κ3) is 1.25. The van der Waals surface area contributed by atoms with Gasteiger partial charge < -0.3 is 4.74 Å². The molecule has 14 heavy (non-hydrogen) atoms. The van der Waals surface area contributed by atoms with Gasteiger partial charge in [-0.3, -0.25) is 9.89 Å². The molecular formula is C10H10N2O2. The summed E-state index contributed by atoms with van der Waals surface area (Å²) in [6, 6.07) is 5.36. The van der Waals surface area contributed by atoms with Crippen LogP contribution in [0.5, 0.6) is 5.88 Å². The third-order valence-electron chi connectivity index (χ3n) is 2.13. The van der Waals surface area contributed by atoms with E-state index in [1.807, 2.05) is 6.07 Å². The van der Waals surface area contributed by atoms with E-state index in [1.165, 1.54) is 6.92 Å². The standard InChI is InChI=1S/C10H10N2O2/c1-6(13)7-3-4-9-8(5-7)10(14-2)12-11-9/h3-5H,1-2H3,(H,11,12). The van der Waals surface area contributed by atoms with Crippen molar-refractivity contribution in [3.63, 3.8) is 0 Å². The Morgan fingerprint density at radius 3 is 2.93 bits per heavy atom.